The number of aliphatic carboxylic acids is 1. The smallest absolute Gasteiger partial charge is 0.327 e. The zero-order valence-corrected chi connectivity index (χ0v) is 16.0. The van der Waals surface area contributed by atoms with Gasteiger partial charge in [0.25, 0.3) is 0 Å². The minimum absolute atomic E-state index is 0.215. The highest BCUT2D eigenvalue weighted by molar-refractivity contribution is 8.00. The maximum atomic E-state index is 11.6. The molecule has 0 heterocycles. The first-order chi connectivity index (χ1) is 13.7. The fourth-order valence-corrected chi connectivity index (χ4v) is 4.81. The molecule has 1 atom stereocenters. The van der Waals surface area contributed by atoms with Crippen LogP contribution < -0.4 is 5.32 Å². The summed E-state index contributed by atoms with van der Waals surface area (Å²) in [6.07, 6.45) is 0.439. The molecular weight excluding hydrogens is 370 g/mol. The van der Waals surface area contributed by atoms with Gasteiger partial charge in [-0.3, -0.25) is 4.79 Å². The third kappa shape index (κ3) is 4.10. The van der Waals surface area contributed by atoms with Crippen LogP contribution >= 0.6 is 11.8 Å². The summed E-state index contributed by atoms with van der Waals surface area (Å²) in [4.78, 5) is 22.5. The molecule has 0 spiro atoms. The van der Waals surface area contributed by atoms with Crippen LogP contribution in [0.15, 0.2) is 91.0 Å². The molecule has 142 valence electrons. The van der Waals surface area contributed by atoms with E-state index in [0.29, 0.717) is 6.41 Å². The minimum Gasteiger partial charge on any atom is -0.480 e. The Kier molecular flexibility index (Phi) is 6.50. The fraction of sp³-hybridized carbons (Fsp3) is 0.130. The van der Waals surface area contributed by atoms with Crippen LogP contribution in [0.3, 0.4) is 0 Å². The van der Waals surface area contributed by atoms with Gasteiger partial charge in [-0.25, -0.2) is 4.79 Å². The number of carbonyl (C=O) groups is 2. The van der Waals surface area contributed by atoms with Gasteiger partial charge in [0, 0.05) is 5.75 Å². The summed E-state index contributed by atoms with van der Waals surface area (Å²) in [5, 5.41) is 11.9. The number of carboxylic acids is 1. The molecule has 4 nitrogen and oxygen atoms in total. The lowest BCUT2D eigenvalue weighted by Gasteiger charge is -2.36. The van der Waals surface area contributed by atoms with E-state index in [4.69, 9.17) is 0 Å². The van der Waals surface area contributed by atoms with Crippen LogP contribution in [0.1, 0.15) is 16.7 Å². The van der Waals surface area contributed by atoms with E-state index in [2.05, 4.69) is 41.7 Å². The van der Waals surface area contributed by atoms with Crippen molar-refractivity contribution in [3.63, 3.8) is 0 Å². The van der Waals surface area contributed by atoms with Gasteiger partial charge in [0.2, 0.25) is 6.41 Å². The normalized spacial score (nSPS) is 12.1. The van der Waals surface area contributed by atoms with E-state index in [9.17, 15) is 14.7 Å². The van der Waals surface area contributed by atoms with E-state index < -0.39 is 16.8 Å². The van der Waals surface area contributed by atoms with Crippen LogP contribution in [0.4, 0.5) is 0 Å². The molecule has 1 unspecified atom stereocenters. The Morgan fingerprint density at radius 2 is 1.25 bits per heavy atom. The maximum absolute atomic E-state index is 11.6. The summed E-state index contributed by atoms with van der Waals surface area (Å²) >= 11 is 1.50. The molecule has 28 heavy (non-hydrogen) atoms. The second kappa shape index (κ2) is 9.24. The number of benzene rings is 3. The average Bonchev–Trinajstić information content (AvgIpc) is 2.75. The Bertz CT molecular complexity index is 804. The third-order valence-electron chi connectivity index (χ3n) is 4.57. The van der Waals surface area contributed by atoms with Gasteiger partial charge in [0.05, 0.1) is 4.75 Å². The highest BCUT2D eigenvalue weighted by Crippen LogP contribution is 2.48. The number of hydrogen-bond donors (Lipinski definition) is 2. The van der Waals surface area contributed by atoms with E-state index in [1.165, 1.54) is 11.8 Å². The van der Waals surface area contributed by atoms with Crippen LogP contribution in [0.2, 0.25) is 0 Å². The monoisotopic (exact) mass is 391 g/mol. The van der Waals surface area contributed by atoms with Crippen molar-refractivity contribution >= 4 is 24.1 Å². The van der Waals surface area contributed by atoms with Crippen molar-refractivity contribution in [1.82, 2.24) is 5.32 Å². The van der Waals surface area contributed by atoms with Gasteiger partial charge in [-0.05, 0) is 16.7 Å². The number of carboxylic acid groups (broad SMARTS) is 1. The first kappa shape index (κ1) is 19.7. The molecule has 0 fully saturated rings. The predicted octanol–water partition coefficient (Wildman–Crippen LogP) is 3.91. The molecule has 5 heteroatoms. The van der Waals surface area contributed by atoms with Gasteiger partial charge >= 0.3 is 5.97 Å². The molecule has 3 aromatic rings. The summed E-state index contributed by atoms with van der Waals surface area (Å²) in [5.74, 6) is -0.838. The summed E-state index contributed by atoms with van der Waals surface area (Å²) in [7, 11) is 0. The van der Waals surface area contributed by atoms with Crippen LogP contribution in [0.25, 0.3) is 0 Å². The van der Waals surface area contributed by atoms with Gasteiger partial charge in [-0.2, -0.15) is 0 Å². The van der Waals surface area contributed by atoms with Gasteiger partial charge in [-0.15, -0.1) is 11.8 Å². The molecule has 0 saturated carbocycles. The van der Waals surface area contributed by atoms with Crippen LogP contribution in [-0.2, 0) is 14.3 Å². The molecule has 2 N–H and O–H groups in total. The summed E-state index contributed by atoms with van der Waals surface area (Å²) in [5.41, 5.74) is 3.15. The average molecular weight is 391 g/mol. The van der Waals surface area contributed by atoms with Crippen molar-refractivity contribution in [2.75, 3.05) is 5.75 Å². The largest absolute Gasteiger partial charge is 0.480 e. The number of carbonyl (C=O) groups excluding carboxylic acids is 1. The summed E-state index contributed by atoms with van der Waals surface area (Å²) in [6.45, 7) is 0. The zero-order chi connectivity index (χ0) is 19.8. The van der Waals surface area contributed by atoms with Crippen LogP contribution in [-0.4, -0.2) is 29.3 Å². The predicted molar refractivity (Wildman–Crippen MR) is 112 cm³/mol. The van der Waals surface area contributed by atoms with Crippen molar-refractivity contribution in [3.8, 4) is 0 Å². The molecule has 0 aliphatic rings. The molecular formula is C23H21NO3S. The molecule has 0 aliphatic heterocycles. The molecule has 1 amide bonds. The van der Waals surface area contributed by atoms with E-state index >= 15 is 0 Å². The fourth-order valence-electron chi connectivity index (χ4n) is 3.25. The topological polar surface area (TPSA) is 66.4 Å². The van der Waals surface area contributed by atoms with Crippen molar-refractivity contribution < 1.29 is 14.7 Å². The Labute approximate surface area is 168 Å². The van der Waals surface area contributed by atoms with Crippen molar-refractivity contribution in [3.05, 3.63) is 108 Å². The quantitative estimate of drug-likeness (QED) is 0.429. The molecule has 0 saturated heterocycles. The lowest BCUT2D eigenvalue weighted by molar-refractivity contribution is -0.139. The highest BCUT2D eigenvalue weighted by atomic mass is 32.2. The molecule has 0 bridgehead atoms. The summed E-state index contributed by atoms with van der Waals surface area (Å²) in [6, 6.07) is 29.1. The zero-order valence-electron chi connectivity index (χ0n) is 15.2. The van der Waals surface area contributed by atoms with Gasteiger partial charge in [-0.1, -0.05) is 91.0 Å². The SMILES string of the molecule is O=CNC(CSC(c1ccccc1)(c1ccccc1)c1ccccc1)C(=O)O. The van der Waals surface area contributed by atoms with Gasteiger partial charge < -0.3 is 10.4 Å². The van der Waals surface area contributed by atoms with Crippen LogP contribution in [0.5, 0.6) is 0 Å². The van der Waals surface area contributed by atoms with Crippen molar-refractivity contribution in [1.29, 1.82) is 0 Å². The van der Waals surface area contributed by atoms with Gasteiger partial charge in [0.1, 0.15) is 6.04 Å². The minimum atomic E-state index is -1.05. The van der Waals surface area contributed by atoms with E-state index in [1.54, 1.807) is 0 Å². The molecule has 0 aromatic heterocycles. The van der Waals surface area contributed by atoms with Crippen molar-refractivity contribution in [2.45, 2.75) is 10.8 Å². The van der Waals surface area contributed by atoms with Crippen molar-refractivity contribution in [2.24, 2.45) is 0 Å². The molecule has 3 aromatic carbocycles. The number of amides is 1. The number of rotatable bonds is 9. The second-order valence-electron chi connectivity index (χ2n) is 6.27. The molecule has 0 radical (unpaired) electrons. The Morgan fingerprint density at radius 1 is 0.857 bits per heavy atom. The van der Waals surface area contributed by atoms with E-state index in [0.717, 1.165) is 16.7 Å². The first-order valence-corrected chi connectivity index (χ1v) is 9.90. The highest BCUT2D eigenvalue weighted by Gasteiger charge is 2.38. The lowest BCUT2D eigenvalue weighted by atomic mass is 9.84. The Hall–Kier alpha value is -3.05. The standard InChI is InChI=1S/C23H21NO3S/c25-17-24-21(22(26)27)16-28-23(18-10-4-1-5-11-18,19-12-6-2-7-13-19)20-14-8-3-9-15-20/h1-15,17,21H,16H2,(H,24,25)(H,26,27). The first-order valence-electron chi connectivity index (χ1n) is 8.91. The molecule has 3 rings (SSSR count). The lowest BCUT2D eigenvalue weighted by Crippen LogP contribution is -2.39. The number of hydrogen-bond acceptors (Lipinski definition) is 3. The van der Waals surface area contributed by atoms with E-state index in [1.807, 2.05) is 54.6 Å². The van der Waals surface area contributed by atoms with Gasteiger partial charge in [0.15, 0.2) is 0 Å². The Morgan fingerprint density at radius 3 is 1.57 bits per heavy atom. The maximum Gasteiger partial charge on any atom is 0.327 e. The van der Waals surface area contributed by atoms with E-state index in [-0.39, 0.29) is 5.75 Å². The molecule has 0 aliphatic carbocycles. The summed E-state index contributed by atoms with van der Waals surface area (Å²) < 4.78 is -0.609. The number of thioether (sulfide) groups is 1. The van der Waals surface area contributed by atoms with Crippen LogP contribution in [0, 0.1) is 0 Å². The number of nitrogens with one attached hydrogen (secondary N) is 1. The Balaban J connectivity index is 2.16. The second-order valence-corrected chi connectivity index (χ2v) is 7.50. The third-order valence-corrected chi connectivity index (χ3v) is 6.21.